The fourth-order valence-corrected chi connectivity index (χ4v) is 5.28. The van der Waals surface area contributed by atoms with Crippen molar-refractivity contribution in [3.05, 3.63) is 18.2 Å². The SMILES string of the molecule is O=C(O)CN1CCN(CC(=O)O)CCN(CC(=O)NCCc2cn(CC(O)(O[P+](=O)O)O[P+](=O)O)cn2)CCN(CC(=O)O)CC1. The third-order valence-corrected chi connectivity index (χ3v) is 7.47. The number of carbonyl (C=O) groups excluding carboxylic acids is 1. The predicted octanol–water partition coefficient (Wildman–Crippen LogP) is -3.00. The highest BCUT2D eigenvalue weighted by Crippen LogP contribution is 2.33. The Kier molecular flexibility index (Phi) is 16.6. The number of carboxylic acid groups (broad SMARTS) is 3. The molecule has 2 atom stereocenters. The summed E-state index contributed by atoms with van der Waals surface area (Å²) in [6.07, 6.45) is 2.81. The molecule has 0 aromatic carbocycles. The Bertz CT molecular complexity index is 1170. The lowest BCUT2D eigenvalue weighted by molar-refractivity contribution is -0.281. The van der Waals surface area contributed by atoms with E-state index < -0.39 is 46.9 Å². The maximum Gasteiger partial charge on any atom is 0.700 e. The molecule has 1 aliphatic heterocycles. The van der Waals surface area contributed by atoms with E-state index in [2.05, 4.69) is 19.3 Å². The Labute approximate surface area is 264 Å². The van der Waals surface area contributed by atoms with Crippen LogP contribution < -0.4 is 5.32 Å². The van der Waals surface area contributed by atoms with E-state index in [4.69, 9.17) is 9.79 Å². The summed E-state index contributed by atoms with van der Waals surface area (Å²) in [5.41, 5.74) is 0.418. The van der Waals surface area contributed by atoms with Gasteiger partial charge in [-0.3, -0.25) is 38.8 Å². The molecule has 1 saturated heterocycles. The second kappa shape index (κ2) is 19.6. The maximum absolute atomic E-state index is 12.8. The molecule has 0 radical (unpaired) electrons. The summed E-state index contributed by atoms with van der Waals surface area (Å²) in [4.78, 5) is 75.6. The summed E-state index contributed by atoms with van der Waals surface area (Å²) in [6.45, 7) is 0.565. The molecule has 21 nitrogen and oxygen atoms in total. The molecule has 0 bridgehead atoms. The van der Waals surface area contributed by atoms with Crippen LogP contribution in [0.15, 0.2) is 12.5 Å². The van der Waals surface area contributed by atoms with E-state index in [1.807, 2.05) is 0 Å². The van der Waals surface area contributed by atoms with Gasteiger partial charge in [-0.25, -0.2) is 4.98 Å². The van der Waals surface area contributed by atoms with E-state index in [9.17, 15) is 48.7 Å². The average molecular weight is 700 g/mol. The van der Waals surface area contributed by atoms with Crippen LogP contribution in [0.4, 0.5) is 0 Å². The average Bonchev–Trinajstić information content (AvgIpc) is 3.34. The third kappa shape index (κ3) is 16.5. The molecule has 2 rings (SSSR count). The molecule has 258 valence electrons. The van der Waals surface area contributed by atoms with Gasteiger partial charge in [-0.1, -0.05) is 0 Å². The summed E-state index contributed by atoms with van der Waals surface area (Å²) in [5, 5.41) is 40.8. The predicted molar refractivity (Wildman–Crippen MR) is 154 cm³/mol. The number of imidazole rings is 1. The van der Waals surface area contributed by atoms with Crippen molar-refractivity contribution in [2.24, 2.45) is 0 Å². The monoisotopic (exact) mass is 699 g/mol. The molecule has 0 aliphatic carbocycles. The smallest absolute Gasteiger partial charge is 0.480 e. The molecule has 1 amide bonds. The first-order valence-electron chi connectivity index (χ1n) is 13.9. The number of aliphatic carboxylic acids is 3. The van der Waals surface area contributed by atoms with Gasteiger partial charge < -0.3 is 30.3 Å². The van der Waals surface area contributed by atoms with Gasteiger partial charge in [-0.2, -0.15) is 0 Å². The Morgan fingerprint density at radius 2 is 1.15 bits per heavy atom. The fraction of sp³-hybridized carbons (Fsp3) is 0.696. The summed E-state index contributed by atoms with van der Waals surface area (Å²) < 4.78 is 31.7. The Morgan fingerprint density at radius 3 is 1.52 bits per heavy atom. The Balaban J connectivity index is 2.00. The largest absolute Gasteiger partial charge is 0.700 e. The molecule has 1 fully saturated rings. The highest BCUT2D eigenvalue weighted by atomic mass is 31.1. The number of aromatic nitrogens is 2. The van der Waals surface area contributed by atoms with Gasteiger partial charge >= 0.3 is 40.4 Å². The van der Waals surface area contributed by atoms with Gasteiger partial charge in [-0.15, -0.1) is 9.79 Å². The molecule has 1 aromatic rings. The zero-order chi connectivity index (χ0) is 34.3. The minimum Gasteiger partial charge on any atom is -0.480 e. The van der Waals surface area contributed by atoms with Crippen LogP contribution in [0.5, 0.6) is 0 Å². The number of nitrogens with one attached hydrogen (secondary N) is 1. The highest BCUT2D eigenvalue weighted by molar-refractivity contribution is 7.33. The van der Waals surface area contributed by atoms with Crippen molar-refractivity contribution in [3.63, 3.8) is 0 Å². The summed E-state index contributed by atoms with van der Waals surface area (Å²) in [5.74, 6) is -6.44. The number of nitrogens with zero attached hydrogens (tertiary/aromatic N) is 6. The molecule has 1 aliphatic rings. The standard InChI is InChI=1S/C23H37N7O14P2/c31-19(24-2-1-18-11-30(17-25-18)16-23(38,43-45(39)40)44-46(41)42)12-26-3-5-27(13-20(32)33)7-9-29(15-22(36)37)10-8-28(6-4-26)14-21(34)35/h11,17,38H,1-10,12-16H2,(H4-2,24,31,32,33,34,35,36,37,39,40,41,42)/p+2. The lowest BCUT2D eigenvalue weighted by atomic mass is 10.3. The van der Waals surface area contributed by atoms with Gasteiger partial charge in [0.1, 0.15) is 6.54 Å². The highest BCUT2D eigenvalue weighted by Gasteiger charge is 2.48. The van der Waals surface area contributed by atoms with E-state index in [0.717, 1.165) is 0 Å². The van der Waals surface area contributed by atoms with E-state index >= 15 is 0 Å². The zero-order valence-electron chi connectivity index (χ0n) is 24.8. The van der Waals surface area contributed by atoms with Crippen molar-refractivity contribution in [2.45, 2.75) is 18.9 Å². The fourth-order valence-electron chi connectivity index (χ4n) is 4.55. The van der Waals surface area contributed by atoms with Crippen LogP contribution in [0, 0.1) is 0 Å². The van der Waals surface area contributed by atoms with Gasteiger partial charge in [0, 0.05) is 80.7 Å². The van der Waals surface area contributed by atoms with Crippen molar-refractivity contribution in [3.8, 4) is 0 Å². The molecular weight excluding hydrogens is 660 g/mol. The number of hydrogen-bond donors (Lipinski definition) is 7. The Morgan fingerprint density at radius 1 is 0.761 bits per heavy atom. The first-order valence-corrected chi connectivity index (χ1v) is 16.1. The van der Waals surface area contributed by atoms with Crippen molar-refractivity contribution in [2.75, 3.05) is 85.1 Å². The molecule has 0 saturated carbocycles. The van der Waals surface area contributed by atoms with Crippen molar-refractivity contribution >= 4 is 40.3 Å². The number of carbonyl (C=O) groups is 4. The quantitative estimate of drug-likeness (QED) is 0.0630. The number of carboxylic acids is 3. The molecule has 46 heavy (non-hydrogen) atoms. The minimum atomic E-state index is -3.39. The van der Waals surface area contributed by atoms with Crippen LogP contribution >= 0.6 is 16.5 Å². The first kappa shape index (κ1) is 39.1. The van der Waals surface area contributed by atoms with Crippen LogP contribution in [-0.2, 0) is 50.3 Å². The minimum absolute atomic E-state index is 0.0816. The molecule has 0 spiro atoms. The van der Waals surface area contributed by atoms with E-state index in [1.54, 1.807) is 19.6 Å². The first-order chi connectivity index (χ1) is 21.6. The molecule has 1 aromatic heterocycles. The van der Waals surface area contributed by atoms with Crippen LogP contribution in [0.3, 0.4) is 0 Å². The Hall–Kier alpha value is -3.07. The summed E-state index contributed by atoms with van der Waals surface area (Å²) in [7, 11) is -6.78. The van der Waals surface area contributed by atoms with Crippen molar-refractivity contribution in [1.29, 1.82) is 0 Å². The summed E-state index contributed by atoms with van der Waals surface area (Å²) >= 11 is 0. The van der Waals surface area contributed by atoms with Crippen LogP contribution in [-0.4, -0.2) is 174 Å². The van der Waals surface area contributed by atoms with Crippen LogP contribution in [0.25, 0.3) is 0 Å². The summed E-state index contributed by atoms with van der Waals surface area (Å²) in [6, 6.07) is 0. The molecule has 2 heterocycles. The molecule has 2 unspecified atom stereocenters. The van der Waals surface area contributed by atoms with Crippen LogP contribution in [0.1, 0.15) is 5.69 Å². The second-order valence-electron chi connectivity index (χ2n) is 10.3. The van der Waals surface area contributed by atoms with Gasteiger partial charge in [-0.05, 0) is 9.05 Å². The van der Waals surface area contributed by atoms with Gasteiger partial charge in [0.2, 0.25) is 5.91 Å². The van der Waals surface area contributed by atoms with Crippen molar-refractivity contribution in [1.82, 2.24) is 34.5 Å². The van der Waals surface area contributed by atoms with Crippen molar-refractivity contribution < 1.29 is 67.6 Å². The maximum atomic E-state index is 12.8. The van der Waals surface area contributed by atoms with Gasteiger partial charge in [0.15, 0.2) is 0 Å². The topological polar surface area (TPSA) is 285 Å². The van der Waals surface area contributed by atoms with Gasteiger partial charge in [0.25, 0.3) is 0 Å². The van der Waals surface area contributed by atoms with E-state index in [0.29, 0.717) is 5.69 Å². The van der Waals surface area contributed by atoms with Gasteiger partial charge in [0.05, 0.1) is 38.2 Å². The normalized spacial score (nSPS) is 18.5. The van der Waals surface area contributed by atoms with E-state index in [1.165, 1.54) is 17.1 Å². The zero-order valence-corrected chi connectivity index (χ0v) is 26.6. The molecule has 23 heteroatoms. The van der Waals surface area contributed by atoms with Crippen LogP contribution in [0.2, 0.25) is 0 Å². The lowest BCUT2D eigenvalue weighted by Crippen LogP contribution is -2.49. The number of aliphatic hydroxyl groups is 1. The molecular formula is C23H39N7O14P2+2. The number of hydrogen-bond acceptors (Lipinski definition) is 14. The number of rotatable bonds is 17. The lowest BCUT2D eigenvalue weighted by Gasteiger charge is -2.32. The number of amides is 1. The third-order valence-electron chi connectivity index (χ3n) is 6.59. The van der Waals surface area contributed by atoms with E-state index in [-0.39, 0.29) is 97.4 Å². The second-order valence-corrected chi connectivity index (χ2v) is 11.6. The molecule has 7 N–H and O–H groups in total.